The number of nitrogens with one attached hydrogen (secondary N) is 1. The lowest BCUT2D eigenvalue weighted by Crippen LogP contribution is -2.36. The molecule has 0 fully saturated rings. The second-order valence-electron chi connectivity index (χ2n) is 5.67. The Kier molecular flexibility index (Phi) is 7.13. The maximum absolute atomic E-state index is 6.45. The summed E-state index contributed by atoms with van der Waals surface area (Å²) in [6.07, 6.45) is 0.989. The van der Waals surface area contributed by atoms with Crippen LogP contribution in [0.2, 0.25) is 0 Å². The molecule has 0 amide bonds. The Bertz CT molecular complexity index is 627. The van der Waals surface area contributed by atoms with Crippen molar-refractivity contribution >= 4 is 0 Å². The third-order valence-corrected chi connectivity index (χ3v) is 4.18. The minimum absolute atomic E-state index is 0.0186. The maximum Gasteiger partial charge on any atom is 0.135 e. The highest BCUT2D eigenvalue weighted by atomic mass is 16.5. The van der Waals surface area contributed by atoms with Crippen molar-refractivity contribution in [2.24, 2.45) is 5.92 Å². The number of fused-ring (bicyclic) bond motifs is 1. The van der Waals surface area contributed by atoms with Crippen LogP contribution >= 0.6 is 0 Å². The molecule has 1 aliphatic rings. The topological polar surface area (TPSA) is 30.5 Å². The van der Waals surface area contributed by atoms with Gasteiger partial charge < -0.3 is 14.8 Å². The van der Waals surface area contributed by atoms with E-state index < -0.39 is 0 Å². The lowest BCUT2D eigenvalue weighted by Gasteiger charge is -2.34. The van der Waals surface area contributed by atoms with Gasteiger partial charge in [-0.3, -0.25) is 0 Å². The van der Waals surface area contributed by atoms with Crippen LogP contribution in [0.5, 0.6) is 11.5 Å². The molecule has 3 heteroatoms. The van der Waals surface area contributed by atoms with Crippen LogP contribution in [0.15, 0.2) is 48.5 Å². The molecule has 0 aromatic heterocycles. The zero-order valence-corrected chi connectivity index (χ0v) is 15.2. The van der Waals surface area contributed by atoms with Crippen LogP contribution in [0.1, 0.15) is 38.0 Å². The first kappa shape index (κ1) is 18.3. The van der Waals surface area contributed by atoms with E-state index in [1.807, 2.05) is 45.2 Å². The fraction of sp³-hybridized carbons (Fsp3) is 0.429. The number of benzene rings is 2. The number of para-hydroxylation sites is 2. The summed E-state index contributed by atoms with van der Waals surface area (Å²) in [7, 11) is 1.97. The first-order valence-corrected chi connectivity index (χ1v) is 8.94. The molecule has 0 spiro atoms. The van der Waals surface area contributed by atoms with E-state index >= 15 is 0 Å². The Morgan fingerprint density at radius 3 is 2.54 bits per heavy atom. The number of aryl methyl sites for hydroxylation is 1. The quantitative estimate of drug-likeness (QED) is 0.869. The van der Waals surface area contributed by atoms with E-state index in [2.05, 4.69) is 36.5 Å². The van der Waals surface area contributed by atoms with Crippen LogP contribution in [0.4, 0.5) is 0 Å². The van der Waals surface area contributed by atoms with E-state index in [-0.39, 0.29) is 6.10 Å². The van der Waals surface area contributed by atoms with Crippen molar-refractivity contribution in [3.8, 4) is 11.5 Å². The second-order valence-corrected chi connectivity index (χ2v) is 5.67. The van der Waals surface area contributed by atoms with Gasteiger partial charge in [-0.15, -0.1) is 0 Å². The van der Waals surface area contributed by atoms with Crippen LogP contribution < -0.4 is 14.8 Å². The van der Waals surface area contributed by atoms with Gasteiger partial charge >= 0.3 is 0 Å². The molecule has 3 rings (SSSR count). The molecule has 1 heterocycles. The molecular formula is C21H29NO2. The van der Waals surface area contributed by atoms with Crippen molar-refractivity contribution in [3.63, 3.8) is 0 Å². The van der Waals surface area contributed by atoms with Crippen molar-refractivity contribution in [3.05, 3.63) is 59.7 Å². The molecule has 0 bridgehead atoms. The van der Waals surface area contributed by atoms with Crippen molar-refractivity contribution in [2.75, 3.05) is 20.2 Å². The van der Waals surface area contributed by atoms with Gasteiger partial charge in [0, 0.05) is 18.0 Å². The first-order valence-electron chi connectivity index (χ1n) is 8.94. The number of ether oxygens (including phenoxy) is 2. The van der Waals surface area contributed by atoms with Gasteiger partial charge in [0.2, 0.25) is 0 Å². The second kappa shape index (κ2) is 9.33. The van der Waals surface area contributed by atoms with E-state index in [9.17, 15) is 0 Å². The Morgan fingerprint density at radius 2 is 1.79 bits per heavy atom. The van der Waals surface area contributed by atoms with Crippen molar-refractivity contribution in [1.82, 2.24) is 5.32 Å². The summed E-state index contributed by atoms with van der Waals surface area (Å²) in [6.45, 7) is 7.70. The minimum Gasteiger partial charge on any atom is -0.493 e. The van der Waals surface area contributed by atoms with Crippen molar-refractivity contribution in [2.45, 2.75) is 33.3 Å². The van der Waals surface area contributed by atoms with Crippen LogP contribution in [0.3, 0.4) is 0 Å². The molecule has 24 heavy (non-hydrogen) atoms. The van der Waals surface area contributed by atoms with E-state index in [4.69, 9.17) is 9.47 Å². The summed E-state index contributed by atoms with van der Waals surface area (Å²) in [4.78, 5) is 0. The molecule has 2 aromatic rings. The fourth-order valence-electron chi connectivity index (χ4n) is 3.02. The summed E-state index contributed by atoms with van der Waals surface area (Å²) in [6, 6.07) is 16.5. The molecule has 0 saturated carbocycles. The van der Waals surface area contributed by atoms with Crippen LogP contribution in [-0.4, -0.2) is 20.2 Å². The zero-order valence-electron chi connectivity index (χ0n) is 15.2. The van der Waals surface area contributed by atoms with E-state index in [1.54, 1.807) is 0 Å². The number of hydrogen-bond acceptors (Lipinski definition) is 3. The lowest BCUT2D eigenvalue weighted by atomic mass is 9.92. The summed E-state index contributed by atoms with van der Waals surface area (Å²) in [5.41, 5.74) is 2.38. The van der Waals surface area contributed by atoms with Crippen molar-refractivity contribution in [1.29, 1.82) is 0 Å². The normalized spacial score (nSPS) is 18.7. The fourth-order valence-corrected chi connectivity index (χ4v) is 3.02. The van der Waals surface area contributed by atoms with E-state index in [1.165, 1.54) is 5.56 Å². The Labute approximate surface area is 146 Å². The smallest absolute Gasteiger partial charge is 0.135 e. The molecule has 0 saturated heterocycles. The molecular weight excluding hydrogens is 298 g/mol. The Hall–Kier alpha value is -2.00. The van der Waals surface area contributed by atoms with Gasteiger partial charge in [-0.25, -0.2) is 0 Å². The van der Waals surface area contributed by atoms with Gasteiger partial charge in [-0.2, -0.15) is 0 Å². The molecule has 2 aromatic carbocycles. The third kappa shape index (κ3) is 4.09. The molecule has 130 valence electrons. The molecule has 1 N–H and O–H groups in total. The summed E-state index contributed by atoms with van der Waals surface area (Å²) >= 11 is 0. The van der Waals surface area contributed by atoms with E-state index in [0.29, 0.717) is 12.5 Å². The average molecular weight is 327 g/mol. The average Bonchev–Trinajstić information content (AvgIpc) is 2.66. The largest absolute Gasteiger partial charge is 0.493 e. The number of rotatable bonds is 5. The van der Waals surface area contributed by atoms with Crippen LogP contribution in [-0.2, 0) is 6.42 Å². The minimum atomic E-state index is 0.0186. The molecule has 2 unspecified atom stereocenters. The summed E-state index contributed by atoms with van der Waals surface area (Å²) in [5, 5.41) is 3.25. The Morgan fingerprint density at radius 1 is 1.08 bits per heavy atom. The number of hydrogen-bond donors (Lipinski definition) is 1. The molecule has 2 atom stereocenters. The molecule has 3 nitrogen and oxygen atoms in total. The van der Waals surface area contributed by atoms with Crippen molar-refractivity contribution < 1.29 is 9.47 Å². The lowest BCUT2D eigenvalue weighted by molar-refractivity contribution is 0.0697. The maximum atomic E-state index is 6.45. The van der Waals surface area contributed by atoms with Gasteiger partial charge in [0.15, 0.2) is 0 Å². The molecule has 0 aliphatic carbocycles. The van der Waals surface area contributed by atoms with E-state index in [0.717, 1.165) is 30.0 Å². The van der Waals surface area contributed by atoms with Gasteiger partial charge in [0.25, 0.3) is 0 Å². The standard InChI is InChI=1S/C19H23NO2.C2H6/c1-3-14-8-4-6-10-17(14)22-19-15(12-20-2)13-21-18-11-7-5-9-16(18)19;1-2/h4-11,15,19-20H,3,12-13H2,1-2H3;1-2H3. The third-order valence-electron chi connectivity index (χ3n) is 4.18. The van der Waals surface area contributed by atoms with Gasteiger partial charge in [0.1, 0.15) is 17.6 Å². The van der Waals surface area contributed by atoms with Crippen LogP contribution in [0.25, 0.3) is 0 Å². The molecule has 1 aliphatic heterocycles. The van der Waals surface area contributed by atoms with Crippen LogP contribution in [0, 0.1) is 5.92 Å². The van der Waals surface area contributed by atoms with Gasteiger partial charge in [0.05, 0.1) is 6.61 Å². The predicted octanol–water partition coefficient (Wildman–Crippen LogP) is 4.62. The highest BCUT2D eigenvalue weighted by Gasteiger charge is 2.32. The first-order chi connectivity index (χ1) is 11.8. The highest BCUT2D eigenvalue weighted by Crippen LogP contribution is 2.39. The zero-order chi connectivity index (χ0) is 17.4. The van der Waals surface area contributed by atoms with Gasteiger partial charge in [-0.1, -0.05) is 57.2 Å². The Balaban J connectivity index is 0.00000100. The predicted molar refractivity (Wildman–Crippen MR) is 99.9 cm³/mol. The highest BCUT2D eigenvalue weighted by molar-refractivity contribution is 5.40. The monoisotopic (exact) mass is 327 g/mol. The summed E-state index contributed by atoms with van der Waals surface area (Å²) < 4.78 is 12.3. The SMILES string of the molecule is CC.CCc1ccccc1OC1c2ccccc2OCC1CNC. The molecule has 0 radical (unpaired) electrons. The van der Waals surface area contributed by atoms with Gasteiger partial charge in [-0.05, 0) is 31.2 Å². The summed E-state index contributed by atoms with van der Waals surface area (Å²) in [5.74, 6) is 2.21.